The molecule has 1 N–H and O–H groups in total. The van der Waals surface area contributed by atoms with E-state index in [1.807, 2.05) is 0 Å². The molecule has 0 bridgehead atoms. The molecule has 1 aliphatic heterocycles. The number of nitrogens with one attached hydrogen (secondary N) is 1. The Hall–Kier alpha value is -8.28. The van der Waals surface area contributed by atoms with Crippen molar-refractivity contribution in [3.05, 3.63) is 216 Å². The Labute approximate surface area is 465 Å². The van der Waals surface area contributed by atoms with Crippen LogP contribution < -0.4 is 21.1 Å². The van der Waals surface area contributed by atoms with Crippen LogP contribution in [0.4, 0.5) is 28.4 Å². The van der Waals surface area contributed by atoms with Crippen LogP contribution in [0.1, 0.15) is 103 Å². The van der Waals surface area contributed by atoms with E-state index in [0.717, 1.165) is 80.8 Å². The second-order valence-electron chi connectivity index (χ2n) is 25.7. The van der Waals surface area contributed by atoms with Crippen molar-refractivity contribution in [2.24, 2.45) is 0 Å². The molecule has 1 radical (unpaired) electrons. The van der Waals surface area contributed by atoms with Gasteiger partial charge in [0, 0.05) is 66.7 Å². The SMILES string of the molecule is CC1(C)CCC(C)(C)c2cc(Nc3cc(N(c4ccccc4)c4ccccc4)ccc3-c3cc(-c4cccc5oc6ccccc6c45)c4c5c6ccccc6ccc5n5c4c3[B]c3cc4c(cc3-5)C(C)(C)CCC4(C)C)ccc21. The Morgan fingerprint density at radius 1 is 0.443 bits per heavy atom. The molecule has 4 nitrogen and oxygen atoms in total. The molecular formula is C74H65BN3O. The van der Waals surface area contributed by atoms with Gasteiger partial charge in [0.1, 0.15) is 11.2 Å². The van der Waals surface area contributed by atoms with Crippen LogP contribution in [0.25, 0.3) is 82.5 Å². The van der Waals surface area contributed by atoms with Crippen molar-refractivity contribution in [2.45, 2.75) is 103 Å². The van der Waals surface area contributed by atoms with Crippen LogP contribution in [0.2, 0.25) is 0 Å². The van der Waals surface area contributed by atoms with E-state index in [4.69, 9.17) is 4.42 Å². The predicted octanol–water partition coefficient (Wildman–Crippen LogP) is 19.1. The van der Waals surface area contributed by atoms with E-state index in [1.165, 1.54) is 89.0 Å². The predicted molar refractivity (Wildman–Crippen MR) is 336 cm³/mol. The maximum absolute atomic E-state index is 6.73. The molecule has 3 aliphatic rings. The highest BCUT2D eigenvalue weighted by atomic mass is 16.3. The fraction of sp³-hybridized carbons (Fsp3) is 0.216. The minimum Gasteiger partial charge on any atom is -0.456 e. The number of anilines is 5. The third-order valence-electron chi connectivity index (χ3n) is 18.9. The molecule has 0 unspecified atom stereocenters. The van der Waals surface area contributed by atoms with Crippen LogP contribution in [-0.2, 0) is 21.7 Å². The number of fused-ring (bicyclic) bond motifs is 12. The van der Waals surface area contributed by atoms with Gasteiger partial charge in [-0.2, -0.15) is 0 Å². The van der Waals surface area contributed by atoms with Crippen LogP contribution in [0.15, 0.2) is 199 Å². The van der Waals surface area contributed by atoms with Crippen molar-refractivity contribution in [3.63, 3.8) is 0 Å². The minimum atomic E-state index is 0.0251. The zero-order valence-electron chi connectivity index (χ0n) is 46.7. The molecule has 2 aliphatic carbocycles. The smallest absolute Gasteiger partial charge is 0.197 e. The second kappa shape index (κ2) is 17.1. The Kier molecular flexibility index (Phi) is 10.4. The van der Waals surface area contributed by atoms with Crippen LogP contribution in [-0.4, -0.2) is 11.8 Å². The molecule has 3 heterocycles. The second-order valence-corrected chi connectivity index (χ2v) is 25.7. The number of furan rings is 1. The molecule has 0 fully saturated rings. The van der Waals surface area contributed by atoms with E-state index in [1.54, 1.807) is 0 Å². The van der Waals surface area contributed by atoms with Gasteiger partial charge in [-0.25, -0.2) is 0 Å². The maximum Gasteiger partial charge on any atom is 0.197 e. The lowest BCUT2D eigenvalue weighted by Crippen LogP contribution is -2.41. The first-order valence-corrected chi connectivity index (χ1v) is 28.6. The Morgan fingerprint density at radius 3 is 1.78 bits per heavy atom. The van der Waals surface area contributed by atoms with E-state index < -0.39 is 0 Å². The standard InChI is InChI=1S/C74H65BN3O/c1-71(2)36-37-72(3,4)57-40-46(31-34-56(57)71)76-61-41-49(77(47-21-11-9-12-22-47)48-23-13-10-14-24-48)32-33-51(61)55-42-54(52-27-19-29-65-66(52)53-26-17-18-28-64(53)79-65)68-67-50-25-16-15-20-45(50)30-35-62(67)78-63-44-59-58(43-60(63)75-69(55)70(68)78)73(5,6)38-39-74(59,7)8/h9-35,40-44,76H,36-39H2,1-8H3. The van der Waals surface area contributed by atoms with Gasteiger partial charge >= 0.3 is 0 Å². The molecule has 0 atom stereocenters. The molecule has 385 valence electrons. The highest BCUT2D eigenvalue weighted by Gasteiger charge is 2.41. The molecule has 15 rings (SSSR count). The highest BCUT2D eigenvalue weighted by molar-refractivity contribution is 6.74. The molecular weight excluding hydrogens is 958 g/mol. The quantitative estimate of drug-likeness (QED) is 0.162. The summed E-state index contributed by atoms with van der Waals surface area (Å²) in [5, 5.41) is 11.5. The summed E-state index contributed by atoms with van der Waals surface area (Å²) in [6.07, 6.45) is 4.60. The largest absolute Gasteiger partial charge is 0.456 e. The number of nitrogens with zero attached hydrogens (tertiary/aromatic N) is 2. The van der Waals surface area contributed by atoms with Crippen LogP contribution in [0.5, 0.6) is 0 Å². The number of hydrogen-bond acceptors (Lipinski definition) is 3. The third-order valence-corrected chi connectivity index (χ3v) is 18.9. The molecule has 0 spiro atoms. The summed E-state index contributed by atoms with van der Waals surface area (Å²) < 4.78 is 9.39. The van der Waals surface area contributed by atoms with E-state index in [-0.39, 0.29) is 21.7 Å². The summed E-state index contributed by atoms with van der Waals surface area (Å²) in [4.78, 5) is 2.38. The number of rotatable bonds is 7. The van der Waals surface area contributed by atoms with Crippen LogP contribution in [0.3, 0.4) is 0 Å². The van der Waals surface area contributed by atoms with Gasteiger partial charge in [-0.05, 0) is 181 Å². The Balaban J connectivity index is 1.08. The summed E-state index contributed by atoms with van der Waals surface area (Å²) in [5.74, 6) is 0. The molecule has 2 aromatic heterocycles. The lowest BCUT2D eigenvalue weighted by atomic mass is 9.55. The maximum atomic E-state index is 6.73. The van der Waals surface area contributed by atoms with Gasteiger partial charge in [-0.3, -0.25) is 0 Å². The fourth-order valence-electron chi connectivity index (χ4n) is 14.3. The number of hydrogen-bond donors (Lipinski definition) is 1. The average Bonchev–Trinajstić information content (AvgIpc) is 3.82. The first-order chi connectivity index (χ1) is 38.1. The lowest BCUT2D eigenvalue weighted by molar-refractivity contribution is 0.332. The Morgan fingerprint density at radius 2 is 1.06 bits per heavy atom. The van der Waals surface area contributed by atoms with E-state index >= 15 is 0 Å². The summed E-state index contributed by atoms with van der Waals surface area (Å²) in [5.41, 5.74) is 24.0. The number of para-hydroxylation sites is 3. The summed E-state index contributed by atoms with van der Waals surface area (Å²) >= 11 is 0. The van der Waals surface area contributed by atoms with Crippen molar-refractivity contribution in [3.8, 4) is 27.9 Å². The summed E-state index contributed by atoms with van der Waals surface area (Å²) in [6, 6.07) is 72.5. The van der Waals surface area contributed by atoms with E-state index in [0.29, 0.717) is 0 Å². The van der Waals surface area contributed by atoms with Crippen molar-refractivity contribution in [1.82, 2.24) is 4.57 Å². The Bertz CT molecular complexity index is 4460. The van der Waals surface area contributed by atoms with Gasteiger partial charge in [0.15, 0.2) is 7.28 Å². The third kappa shape index (κ3) is 7.34. The zero-order chi connectivity index (χ0) is 53.7. The van der Waals surface area contributed by atoms with Crippen LogP contribution >= 0.6 is 0 Å². The lowest BCUT2D eigenvalue weighted by Gasteiger charge is -2.43. The molecule has 0 amide bonds. The number of aromatic nitrogens is 1. The van der Waals surface area contributed by atoms with Crippen molar-refractivity contribution < 1.29 is 4.42 Å². The molecule has 12 aromatic rings. The van der Waals surface area contributed by atoms with Crippen molar-refractivity contribution >= 4 is 101 Å². The van der Waals surface area contributed by atoms with Crippen molar-refractivity contribution in [2.75, 3.05) is 10.2 Å². The van der Waals surface area contributed by atoms with Gasteiger partial charge in [0.05, 0.1) is 5.52 Å². The van der Waals surface area contributed by atoms with Crippen LogP contribution in [0, 0.1) is 0 Å². The molecule has 0 saturated heterocycles. The number of benzene rings is 10. The van der Waals surface area contributed by atoms with Crippen molar-refractivity contribution in [1.29, 1.82) is 0 Å². The van der Waals surface area contributed by atoms with Gasteiger partial charge < -0.3 is 19.2 Å². The minimum absolute atomic E-state index is 0.0251. The summed E-state index contributed by atoms with van der Waals surface area (Å²) in [6.45, 7) is 19.5. The van der Waals surface area contributed by atoms with E-state index in [2.05, 4.69) is 272 Å². The topological polar surface area (TPSA) is 33.3 Å². The normalized spacial score (nSPS) is 16.4. The van der Waals surface area contributed by atoms with Gasteiger partial charge in [-0.1, -0.05) is 176 Å². The summed E-state index contributed by atoms with van der Waals surface area (Å²) in [7, 11) is 2.55. The molecule has 10 aromatic carbocycles. The highest BCUT2D eigenvalue weighted by Crippen LogP contribution is 2.52. The molecule has 79 heavy (non-hydrogen) atoms. The monoisotopic (exact) mass is 1020 g/mol. The molecule has 0 saturated carbocycles. The van der Waals surface area contributed by atoms with Gasteiger partial charge in [0.2, 0.25) is 0 Å². The van der Waals surface area contributed by atoms with E-state index in [9.17, 15) is 0 Å². The van der Waals surface area contributed by atoms with Gasteiger partial charge in [0.25, 0.3) is 0 Å². The van der Waals surface area contributed by atoms with Gasteiger partial charge in [-0.15, -0.1) is 0 Å². The molecule has 5 heteroatoms. The first-order valence-electron chi connectivity index (χ1n) is 28.6. The fourth-order valence-corrected chi connectivity index (χ4v) is 14.3. The first kappa shape index (κ1) is 47.9. The zero-order valence-corrected chi connectivity index (χ0v) is 46.7. The average molecular weight is 1020 g/mol.